The molecule has 0 saturated heterocycles. The second kappa shape index (κ2) is 379. The van der Waals surface area contributed by atoms with Crippen molar-refractivity contribution in [3.8, 4) is 0 Å². The minimum Gasteiger partial charge on any atom is -3.00 e. The minimum absolute atomic E-state index is 0. The molecule has 0 fully saturated rings. The molecule has 16 heteroatoms. The van der Waals surface area contributed by atoms with E-state index in [2.05, 4.69) is 0 Å². The molecule has 0 bridgehead atoms. The summed E-state index contributed by atoms with van der Waals surface area (Å²) in [4.78, 5) is 0. The standard InChI is InChI=1S/10N.6Ta/q10*-3;6*+5. The quantitative estimate of drug-likeness (QED) is 0.338. The van der Waals surface area contributed by atoms with Gasteiger partial charge in [0.25, 0.3) is 0 Å². The zero-order valence-electron chi connectivity index (χ0n) is 7.16. The van der Waals surface area contributed by atoms with Gasteiger partial charge in [-0.2, -0.15) is 0 Å². The van der Waals surface area contributed by atoms with Crippen molar-refractivity contribution in [1.82, 2.24) is 0 Å². The fourth-order valence-corrected chi connectivity index (χ4v) is 0. The first kappa shape index (κ1) is 445. The Morgan fingerprint density at radius 1 is 0.125 bits per heavy atom. The Bertz CT molecular complexity index is 15.3. The van der Waals surface area contributed by atoms with Gasteiger partial charge < -0.3 is 61.5 Å². The molecule has 0 saturated carbocycles. The van der Waals surface area contributed by atoms with Gasteiger partial charge in [0.15, 0.2) is 0 Å². The molecule has 80 valence electrons. The maximum atomic E-state index is 0. The summed E-state index contributed by atoms with van der Waals surface area (Å²) in [5, 5.41) is 0. The largest absolute Gasteiger partial charge is 5.00 e. The van der Waals surface area contributed by atoms with E-state index < -0.39 is 0 Å². The van der Waals surface area contributed by atoms with Crippen LogP contribution in [0.5, 0.6) is 0 Å². The zero-order valence-corrected chi connectivity index (χ0v) is 26.4. The summed E-state index contributed by atoms with van der Waals surface area (Å²) in [5.74, 6) is 0. The molecule has 0 N–H and O–H groups in total. The summed E-state index contributed by atoms with van der Waals surface area (Å²) in [6.07, 6.45) is 0. The molecule has 0 rings (SSSR count). The van der Waals surface area contributed by atoms with Gasteiger partial charge in [0.2, 0.25) is 0 Å². The van der Waals surface area contributed by atoms with E-state index in [1.807, 2.05) is 0 Å². The van der Waals surface area contributed by atoms with Crippen LogP contribution in [0.1, 0.15) is 0 Å². The Hall–Kier alpha value is 4.04. The molecule has 16 heavy (non-hydrogen) atoms. The van der Waals surface area contributed by atoms with E-state index >= 15 is 0 Å². The van der Waals surface area contributed by atoms with E-state index in [0.717, 1.165) is 0 Å². The van der Waals surface area contributed by atoms with Gasteiger partial charge in [-0.25, -0.2) is 0 Å². The molecule has 0 aliphatic carbocycles. The van der Waals surface area contributed by atoms with Crippen molar-refractivity contribution in [3.05, 3.63) is 61.5 Å². The Kier molecular flexibility index (Phi) is 10600. The van der Waals surface area contributed by atoms with Crippen LogP contribution in [0.25, 0.3) is 61.5 Å². The van der Waals surface area contributed by atoms with Gasteiger partial charge in [-0.15, -0.1) is 0 Å². The number of nitrogens with zero attached hydrogens (tertiary/aromatic N) is 10. The van der Waals surface area contributed by atoms with Gasteiger partial charge in [-0.05, 0) is 0 Å². The average molecular weight is 1230 g/mol. The molecule has 0 unspecified atom stereocenters. The van der Waals surface area contributed by atoms with Crippen LogP contribution in [0, 0.1) is 0 Å². The third kappa shape index (κ3) is 321. The second-order valence-corrected chi connectivity index (χ2v) is 0. The van der Waals surface area contributed by atoms with Crippen molar-refractivity contribution >= 4 is 0 Å². The van der Waals surface area contributed by atoms with Crippen LogP contribution in [0.15, 0.2) is 0 Å². The fourth-order valence-electron chi connectivity index (χ4n) is 0. The first-order chi connectivity index (χ1) is 0. The van der Waals surface area contributed by atoms with E-state index in [4.69, 9.17) is 0 Å². The molecule has 0 amide bonds. The summed E-state index contributed by atoms with van der Waals surface area (Å²) in [5.41, 5.74) is 0. The number of rotatable bonds is 0. The molecule has 0 aromatic carbocycles. The van der Waals surface area contributed by atoms with Gasteiger partial charge in [0.05, 0.1) is 0 Å². The van der Waals surface area contributed by atoms with Crippen LogP contribution in [0.2, 0.25) is 0 Å². The maximum Gasteiger partial charge on any atom is 5.00 e. The number of hydrogen-bond donors (Lipinski definition) is 0. The molecule has 0 aliphatic heterocycles. The summed E-state index contributed by atoms with van der Waals surface area (Å²) < 4.78 is 0. The molecular weight excluding hydrogens is 1230 g/mol. The smallest absolute Gasteiger partial charge is 3.00 e. The third-order valence-corrected chi connectivity index (χ3v) is 0. The van der Waals surface area contributed by atoms with Gasteiger partial charge in [-0.3, -0.25) is 0 Å². The zero-order chi connectivity index (χ0) is 0. The second-order valence-electron chi connectivity index (χ2n) is 0. The van der Waals surface area contributed by atoms with Crippen molar-refractivity contribution in [2.75, 3.05) is 0 Å². The fraction of sp³-hybridized carbons (Fsp3) is 0. The van der Waals surface area contributed by atoms with Crippen molar-refractivity contribution in [1.29, 1.82) is 0 Å². The molecule has 0 aromatic rings. The van der Waals surface area contributed by atoms with Crippen LogP contribution >= 0.6 is 0 Å². The summed E-state index contributed by atoms with van der Waals surface area (Å²) in [6.45, 7) is 0. The van der Waals surface area contributed by atoms with Crippen LogP contribution < -0.4 is 0 Å². The van der Waals surface area contributed by atoms with Crippen molar-refractivity contribution < 1.29 is 134 Å². The first-order valence-electron chi connectivity index (χ1n) is 0. The summed E-state index contributed by atoms with van der Waals surface area (Å²) >= 11 is 0. The van der Waals surface area contributed by atoms with Gasteiger partial charge in [0, 0.05) is 0 Å². The van der Waals surface area contributed by atoms with Gasteiger partial charge in [-0.1, -0.05) is 0 Å². The Morgan fingerprint density at radius 3 is 0.125 bits per heavy atom. The van der Waals surface area contributed by atoms with Crippen LogP contribution in [0.4, 0.5) is 0 Å². The van der Waals surface area contributed by atoms with Gasteiger partial charge in [0.1, 0.15) is 0 Å². The third-order valence-electron chi connectivity index (χ3n) is 0. The maximum absolute atomic E-state index is 0. The molecule has 0 spiro atoms. The first-order valence-corrected chi connectivity index (χ1v) is 0. The summed E-state index contributed by atoms with van der Waals surface area (Å²) in [7, 11) is 0. The molecule has 0 aromatic heterocycles. The van der Waals surface area contributed by atoms with E-state index in [1.54, 1.807) is 0 Å². The van der Waals surface area contributed by atoms with Crippen molar-refractivity contribution in [3.63, 3.8) is 0 Å². The summed E-state index contributed by atoms with van der Waals surface area (Å²) in [6, 6.07) is 0. The molecule has 0 radical (unpaired) electrons. The van der Waals surface area contributed by atoms with Crippen LogP contribution in [0.3, 0.4) is 0 Å². The topological polar surface area (TPSA) is 305 Å². The molecule has 0 heterocycles. The Balaban J connectivity index is 0. The predicted molar refractivity (Wildman–Crippen MR) is 33.6 cm³/mol. The molecule has 10 nitrogen and oxygen atoms in total. The van der Waals surface area contributed by atoms with Crippen molar-refractivity contribution in [2.45, 2.75) is 0 Å². The number of hydrogen-bond acceptors (Lipinski definition) is 0. The van der Waals surface area contributed by atoms with Crippen molar-refractivity contribution in [2.24, 2.45) is 0 Å². The monoisotopic (exact) mass is 1230 g/mol. The van der Waals surface area contributed by atoms with Gasteiger partial charge >= 0.3 is 134 Å². The van der Waals surface area contributed by atoms with Crippen LogP contribution in [-0.2, 0) is 134 Å². The van der Waals surface area contributed by atoms with Crippen LogP contribution in [-0.4, -0.2) is 0 Å². The Labute approximate surface area is 193 Å². The van der Waals surface area contributed by atoms with E-state index in [9.17, 15) is 0 Å². The Morgan fingerprint density at radius 2 is 0.125 bits per heavy atom. The predicted octanol–water partition coefficient (Wildman–Crippen LogP) is 2.87. The van der Waals surface area contributed by atoms with E-state index in [0.29, 0.717) is 0 Å². The molecular formula is N10Ta6. The van der Waals surface area contributed by atoms with E-state index in [-0.39, 0.29) is 196 Å². The SMILES string of the molecule is [N-3].[N-3].[N-3].[N-3].[N-3].[N-3].[N-3].[N-3].[N-3].[N-3].[Ta+5].[Ta+5].[Ta+5].[Ta+5].[Ta+5].[Ta+5]. The average Bonchev–Trinajstić information content (AvgIpc) is 0. The minimum atomic E-state index is 0. The van der Waals surface area contributed by atoms with E-state index in [1.165, 1.54) is 0 Å². The molecule has 0 atom stereocenters. The normalized spacial score (nSPS) is 0. The molecule has 0 aliphatic rings.